The molecule has 0 amide bonds. The maximum absolute atomic E-state index is 12.9. The van der Waals surface area contributed by atoms with Gasteiger partial charge in [-0.3, -0.25) is 10.1 Å². The van der Waals surface area contributed by atoms with Crippen molar-refractivity contribution in [3.63, 3.8) is 0 Å². The second-order valence-electron chi connectivity index (χ2n) is 4.22. The number of benzene rings is 2. The topological polar surface area (TPSA) is 69.4 Å². The Morgan fingerprint density at radius 3 is 2.57 bits per heavy atom. The molecule has 0 aliphatic carbocycles. The van der Waals surface area contributed by atoms with Crippen molar-refractivity contribution >= 4 is 23.3 Å². The van der Waals surface area contributed by atoms with Crippen LogP contribution in [0.15, 0.2) is 36.4 Å². The van der Waals surface area contributed by atoms with Crippen molar-refractivity contribution in [1.82, 2.24) is 0 Å². The molecule has 0 aliphatic heterocycles. The van der Waals surface area contributed by atoms with Crippen LogP contribution in [0.25, 0.3) is 0 Å². The standard InChI is InChI=1S/C14H9ClFNO4/c1-8-6-9(2-4-12(8)17(19)20)14(18)21-13-5-3-10(16)7-11(13)15/h2-7H,1H3. The third kappa shape index (κ3) is 3.35. The van der Waals surface area contributed by atoms with Crippen molar-refractivity contribution in [2.24, 2.45) is 0 Å². The van der Waals surface area contributed by atoms with E-state index in [4.69, 9.17) is 16.3 Å². The minimum atomic E-state index is -0.735. The van der Waals surface area contributed by atoms with E-state index in [1.165, 1.54) is 31.2 Å². The lowest BCUT2D eigenvalue weighted by Gasteiger charge is -2.07. The first-order chi connectivity index (χ1) is 9.88. The number of carbonyl (C=O) groups excluding carboxylic acids is 1. The van der Waals surface area contributed by atoms with E-state index >= 15 is 0 Å². The number of nitro groups is 1. The molecule has 0 N–H and O–H groups in total. The predicted octanol–water partition coefficient (Wildman–Crippen LogP) is 3.91. The average Bonchev–Trinajstić information content (AvgIpc) is 2.41. The zero-order valence-electron chi connectivity index (χ0n) is 10.8. The Balaban J connectivity index is 2.24. The van der Waals surface area contributed by atoms with Gasteiger partial charge < -0.3 is 4.74 Å². The van der Waals surface area contributed by atoms with E-state index in [1.807, 2.05) is 0 Å². The lowest BCUT2D eigenvalue weighted by molar-refractivity contribution is -0.385. The fourth-order valence-electron chi connectivity index (χ4n) is 1.70. The summed E-state index contributed by atoms with van der Waals surface area (Å²) >= 11 is 5.75. The van der Waals surface area contributed by atoms with Gasteiger partial charge in [-0.15, -0.1) is 0 Å². The van der Waals surface area contributed by atoms with Gasteiger partial charge in [0, 0.05) is 11.6 Å². The number of halogens is 2. The first-order valence-electron chi connectivity index (χ1n) is 5.81. The molecule has 0 fully saturated rings. The van der Waals surface area contributed by atoms with E-state index < -0.39 is 16.7 Å². The van der Waals surface area contributed by atoms with Crippen LogP contribution < -0.4 is 4.74 Å². The van der Waals surface area contributed by atoms with Crippen LogP contribution in [-0.4, -0.2) is 10.9 Å². The molecule has 0 spiro atoms. The summed E-state index contributed by atoms with van der Waals surface area (Å²) in [7, 11) is 0. The van der Waals surface area contributed by atoms with E-state index in [0.29, 0.717) is 5.56 Å². The second-order valence-corrected chi connectivity index (χ2v) is 4.63. The number of nitro benzene ring substituents is 1. The molecular formula is C14H9ClFNO4. The number of hydrogen-bond donors (Lipinski definition) is 0. The van der Waals surface area contributed by atoms with Gasteiger partial charge in [0.2, 0.25) is 0 Å². The molecular weight excluding hydrogens is 301 g/mol. The summed E-state index contributed by atoms with van der Waals surface area (Å²) in [6.07, 6.45) is 0. The Hall–Kier alpha value is -2.47. The highest BCUT2D eigenvalue weighted by Gasteiger charge is 2.16. The van der Waals surface area contributed by atoms with E-state index in [2.05, 4.69) is 0 Å². The van der Waals surface area contributed by atoms with Gasteiger partial charge in [-0.2, -0.15) is 0 Å². The Kier molecular flexibility index (Phi) is 4.18. The highest BCUT2D eigenvalue weighted by molar-refractivity contribution is 6.32. The maximum atomic E-state index is 12.9. The Bertz CT molecular complexity index is 733. The van der Waals surface area contributed by atoms with Crippen LogP contribution in [0.4, 0.5) is 10.1 Å². The largest absolute Gasteiger partial charge is 0.421 e. The maximum Gasteiger partial charge on any atom is 0.343 e. The normalized spacial score (nSPS) is 10.2. The molecule has 0 aliphatic rings. The zero-order valence-corrected chi connectivity index (χ0v) is 11.6. The summed E-state index contributed by atoms with van der Waals surface area (Å²) in [6.45, 7) is 1.51. The molecule has 0 radical (unpaired) electrons. The predicted molar refractivity (Wildman–Crippen MR) is 74.2 cm³/mol. The van der Waals surface area contributed by atoms with Crippen molar-refractivity contribution in [2.75, 3.05) is 0 Å². The van der Waals surface area contributed by atoms with Crippen molar-refractivity contribution in [1.29, 1.82) is 0 Å². The van der Waals surface area contributed by atoms with Crippen molar-refractivity contribution in [3.05, 3.63) is 68.5 Å². The van der Waals surface area contributed by atoms with Gasteiger partial charge in [0.05, 0.1) is 15.5 Å². The Morgan fingerprint density at radius 1 is 1.29 bits per heavy atom. The van der Waals surface area contributed by atoms with Crippen molar-refractivity contribution in [3.8, 4) is 5.75 Å². The lowest BCUT2D eigenvalue weighted by Crippen LogP contribution is -2.09. The summed E-state index contributed by atoms with van der Waals surface area (Å²) in [5, 5.41) is 10.7. The number of nitrogens with zero attached hydrogens (tertiary/aromatic N) is 1. The highest BCUT2D eigenvalue weighted by Crippen LogP contribution is 2.26. The number of rotatable bonds is 3. The van der Waals surface area contributed by atoms with Crippen LogP contribution in [0, 0.1) is 22.9 Å². The monoisotopic (exact) mass is 309 g/mol. The molecule has 0 saturated heterocycles. The van der Waals surface area contributed by atoms with Crippen molar-refractivity contribution in [2.45, 2.75) is 6.92 Å². The van der Waals surface area contributed by atoms with E-state index in [1.54, 1.807) is 0 Å². The highest BCUT2D eigenvalue weighted by atomic mass is 35.5. The molecule has 108 valence electrons. The van der Waals surface area contributed by atoms with E-state index in [9.17, 15) is 19.3 Å². The summed E-state index contributed by atoms with van der Waals surface area (Å²) in [5.74, 6) is -1.27. The van der Waals surface area contributed by atoms with Crippen LogP contribution >= 0.6 is 11.6 Å². The summed E-state index contributed by atoms with van der Waals surface area (Å²) < 4.78 is 17.9. The summed E-state index contributed by atoms with van der Waals surface area (Å²) in [5.41, 5.74) is 0.379. The second kappa shape index (κ2) is 5.88. The molecule has 0 saturated carbocycles. The first kappa shape index (κ1) is 14.9. The third-order valence-electron chi connectivity index (χ3n) is 2.73. The third-order valence-corrected chi connectivity index (χ3v) is 3.02. The molecule has 21 heavy (non-hydrogen) atoms. The van der Waals surface area contributed by atoms with Gasteiger partial charge in [0.15, 0.2) is 0 Å². The van der Waals surface area contributed by atoms with Gasteiger partial charge in [-0.1, -0.05) is 11.6 Å². The van der Waals surface area contributed by atoms with E-state index in [-0.39, 0.29) is 22.0 Å². The van der Waals surface area contributed by atoms with Crippen LogP contribution in [-0.2, 0) is 0 Å². The molecule has 5 nitrogen and oxygen atoms in total. The fraction of sp³-hybridized carbons (Fsp3) is 0.0714. The number of carbonyl (C=O) groups is 1. The quantitative estimate of drug-likeness (QED) is 0.373. The minimum absolute atomic E-state index is 0.0130. The SMILES string of the molecule is Cc1cc(C(=O)Oc2ccc(F)cc2Cl)ccc1[N+](=O)[O-]. The number of esters is 1. The van der Waals surface area contributed by atoms with Gasteiger partial charge in [0.1, 0.15) is 11.6 Å². The fourth-order valence-corrected chi connectivity index (χ4v) is 1.91. The number of aryl methyl sites for hydroxylation is 1. The summed E-state index contributed by atoms with van der Waals surface area (Å²) in [6, 6.07) is 7.20. The first-order valence-corrected chi connectivity index (χ1v) is 6.18. The molecule has 7 heteroatoms. The van der Waals surface area contributed by atoms with Crippen LogP contribution in [0.5, 0.6) is 5.75 Å². The van der Waals surface area contributed by atoms with E-state index in [0.717, 1.165) is 12.1 Å². The molecule has 2 rings (SSSR count). The van der Waals surface area contributed by atoms with Gasteiger partial charge in [0.25, 0.3) is 5.69 Å². The molecule has 0 heterocycles. The van der Waals surface area contributed by atoms with Crippen LogP contribution in [0.1, 0.15) is 15.9 Å². The number of ether oxygens (including phenoxy) is 1. The Labute approximate surface area is 124 Å². The number of hydrogen-bond acceptors (Lipinski definition) is 4. The van der Waals surface area contributed by atoms with Crippen LogP contribution in [0.2, 0.25) is 5.02 Å². The lowest BCUT2D eigenvalue weighted by atomic mass is 10.1. The summed E-state index contributed by atoms with van der Waals surface area (Å²) in [4.78, 5) is 22.1. The van der Waals surface area contributed by atoms with Gasteiger partial charge >= 0.3 is 5.97 Å². The minimum Gasteiger partial charge on any atom is -0.421 e. The zero-order chi connectivity index (χ0) is 15.6. The molecule has 2 aromatic carbocycles. The van der Waals surface area contributed by atoms with Crippen LogP contribution in [0.3, 0.4) is 0 Å². The molecule has 2 aromatic rings. The molecule has 0 unspecified atom stereocenters. The molecule has 0 bridgehead atoms. The average molecular weight is 310 g/mol. The van der Waals surface area contributed by atoms with Gasteiger partial charge in [-0.25, -0.2) is 9.18 Å². The van der Waals surface area contributed by atoms with Gasteiger partial charge in [-0.05, 0) is 37.3 Å². The smallest absolute Gasteiger partial charge is 0.343 e. The molecule has 0 atom stereocenters. The van der Waals surface area contributed by atoms with Crippen molar-refractivity contribution < 1.29 is 18.8 Å². The Morgan fingerprint density at radius 2 is 2.00 bits per heavy atom. The molecule has 0 aromatic heterocycles.